The van der Waals surface area contributed by atoms with Gasteiger partial charge in [0.1, 0.15) is 5.78 Å². The standard InChI is InChI=1S/C14H18O2/c1-3-7-14(16)13(11(2)15)10-12-8-5-4-6-9-12/h3-6,8-9,13-14,16H,1,7,10H2,2H3. The monoisotopic (exact) mass is 218 g/mol. The van der Waals surface area contributed by atoms with Gasteiger partial charge in [-0.1, -0.05) is 36.4 Å². The highest BCUT2D eigenvalue weighted by Gasteiger charge is 2.22. The summed E-state index contributed by atoms with van der Waals surface area (Å²) in [5.74, 6) is -0.307. The largest absolute Gasteiger partial charge is 0.392 e. The molecule has 0 radical (unpaired) electrons. The molecule has 0 fully saturated rings. The van der Waals surface area contributed by atoms with Crippen molar-refractivity contribution in [1.82, 2.24) is 0 Å². The topological polar surface area (TPSA) is 37.3 Å². The molecule has 0 aromatic heterocycles. The van der Waals surface area contributed by atoms with E-state index in [4.69, 9.17) is 0 Å². The van der Waals surface area contributed by atoms with E-state index < -0.39 is 6.10 Å². The van der Waals surface area contributed by atoms with Crippen molar-refractivity contribution in [3.63, 3.8) is 0 Å². The summed E-state index contributed by atoms with van der Waals surface area (Å²) in [6.45, 7) is 5.11. The van der Waals surface area contributed by atoms with Crippen LogP contribution in [0.1, 0.15) is 18.9 Å². The van der Waals surface area contributed by atoms with Gasteiger partial charge in [0, 0.05) is 5.92 Å². The van der Waals surface area contributed by atoms with E-state index in [0.29, 0.717) is 12.8 Å². The number of hydrogen-bond acceptors (Lipinski definition) is 2. The molecule has 1 N–H and O–H groups in total. The van der Waals surface area contributed by atoms with E-state index in [1.807, 2.05) is 30.3 Å². The molecule has 1 rings (SSSR count). The molecule has 0 saturated carbocycles. The van der Waals surface area contributed by atoms with Crippen LogP contribution in [0.4, 0.5) is 0 Å². The molecule has 0 spiro atoms. The molecule has 0 aliphatic carbocycles. The van der Waals surface area contributed by atoms with E-state index in [9.17, 15) is 9.90 Å². The van der Waals surface area contributed by atoms with Gasteiger partial charge >= 0.3 is 0 Å². The van der Waals surface area contributed by atoms with Gasteiger partial charge in [-0.2, -0.15) is 0 Å². The average molecular weight is 218 g/mol. The summed E-state index contributed by atoms with van der Waals surface area (Å²) in [7, 11) is 0. The van der Waals surface area contributed by atoms with Crippen LogP contribution in [0, 0.1) is 5.92 Å². The normalized spacial score (nSPS) is 14.1. The summed E-state index contributed by atoms with van der Waals surface area (Å²) in [5, 5.41) is 9.85. The molecule has 0 saturated heterocycles. The van der Waals surface area contributed by atoms with Gasteiger partial charge in [0.25, 0.3) is 0 Å². The van der Waals surface area contributed by atoms with E-state index in [1.165, 1.54) is 6.92 Å². The summed E-state index contributed by atoms with van der Waals surface area (Å²) in [6, 6.07) is 9.75. The highest BCUT2D eigenvalue weighted by atomic mass is 16.3. The van der Waals surface area contributed by atoms with Crippen LogP contribution in [0.3, 0.4) is 0 Å². The number of carbonyl (C=O) groups is 1. The fourth-order valence-corrected chi connectivity index (χ4v) is 1.75. The average Bonchev–Trinajstić information content (AvgIpc) is 2.27. The number of benzene rings is 1. The molecule has 0 aliphatic heterocycles. The maximum absolute atomic E-state index is 11.5. The number of carbonyl (C=O) groups excluding carboxylic acids is 1. The molecule has 1 aromatic carbocycles. The minimum absolute atomic E-state index is 0.0261. The van der Waals surface area contributed by atoms with Crippen LogP contribution in [0.15, 0.2) is 43.0 Å². The Morgan fingerprint density at radius 1 is 1.44 bits per heavy atom. The Labute approximate surface area is 96.6 Å². The van der Waals surface area contributed by atoms with Gasteiger partial charge in [-0.05, 0) is 25.3 Å². The Bertz CT molecular complexity index is 343. The molecule has 2 unspecified atom stereocenters. The maximum Gasteiger partial charge on any atom is 0.135 e. The van der Waals surface area contributed by atoms with E-state index in [0.717, 1.165) is 5.56 Å². The third kappa shape index (κ3) is 3.63. The lowest BCUT2D eigenvalue weighted by atomic mass is 9.89. The second-order valence-electron chi connectivity index (χ2n) is 4.00. The Morgan fingerprint density at radius 3 is 2.56 bits per heavy atom. The lowest BCUT2D eigenvalue weighted by molar-refractivity contribution is -0.124. The number of aliphatic hydroxyl groups is 1. The summed E-state index contributed by atoms with van der Waals surface area (Å²) in [6.07, 6.45) is 2.06. The number of rotatable bonds is 6. The summed E-state index contributed by atoms with van der Waals surface area (Å²) < 4.78 is 0. The van der Waals surface area contributed by atoms with Crippen LogP contribution in [0.2, 0.25) is 0 Å². The van der Waals surface area contributed by atoms with Crippen LogP contribution >= 0.6 is 0 Å². The van der Waals surface area contributed by atoms with E-state index in [2.05, 4.69) is 6.58 Å². The van der Waals surface area contributed by atoms with Crippen molar-refractivity contribution in [3.8, 4) is 0 Å². The number of hydrogen-bond donors (Lipinski definition) is 1. The SMILES string of the molecule is C=CCC(O)C(Cc1ccccc1)C(C)=O. The fourth-order valence-electron chi connectivity index (χ4n) is 1.75. The Hall–Kier alpha value is -1.41. The first-order valence-electron chi connectivity index (χ1n) is 5.48. The molecule has 2 atom stereocenters. The first-order valence-corrected chi connectivity index (χ1v) is 5.48. The van der Waals surface area contributed by atoms with Crippen LogP contribution in [0.25, 0.3) is 0 Å². The molecule has 0 bridgehead atoms. The first kappa shape index (κ1) is 12.7. The van der Waals surface area contributed by atoms with Gasteiger partial charge in [-0.15, -0.1) is 6.58 Å². The van der Waals surface area contributed by atoms with Crippen molar-refractivity contribution in [1.29, 1.82) is 0 Å². The van der Waals surface area contributed by atoms with Gasteiger partial charge in [-0.25, -0.2) is 0 Å². The Kier molecular flexibility index (Phi) is 4.93. The highest BCUT2D eigenvalue weighted by molar-refractivity contribution is 5.79. The smallest absolute Gasteiger partial charge is 0.135 e. The third-order valence-electron chi connectivity index (χ3n) is 2.69. The molecule has 0 amide bonds. The van der Waals surface area contributed by atoms with Crippen molar-refractivity contribution in [2.45, 2.75) is 25.9 Å². The van der Waals surface area contributed by atoms with Gasteiger partial charge in [0.15, 0.2) is 0 Å². The molecule has 0 aliphatic rings. The highest BCUT2D eigenvalue weighted by Crippen LogP contribution is 2.16. The maximum atomic E-state index is 11.5. The van der Waals surface area contributed by atoms with Crippen molar-refractivity contribution >= 4 is 5.78 Å². The summed E-state index contributed by atoms with van der Waals surface area (Å²) >= 11 is 0. The van der Waals surface area contributed by atoms with Crippen LogP contribution < -0.4 is 0 Å². The molecule has 2 nitrogen and oxygen atoms in total. The molecule has 86 valence electrons. The lowest BCUT2D eigenvalue weighted by Gasteiger charge is -2.19. The van der Waals surface area contributed by atoms with Crippen molar-refractivity contribution in [3.05, 3.63) is 48.6 Å². The predicted molar refractivity (Wildman–Crippen MR) is 65.1 cm³/mol. The molecule has 2 heteroatoms. The Morgan fingerprint density at radius 2 is 2.06 bits per heavy atom. The zero-order chi connectivity index (χ0) is 12.0. The molecular formula is C14H18O2. The fraction of sp³-hybridized carbons (Fsp3) is 0.357. The van der Waals surface area contributed by atoms with Gasteiger partial charge < -0.3 is 5.11 Å². The third-order valence-corrected chi connectivity index (χ3v) is 2.69. The van der Waals surface area contributed by atoms with E-state index >= 15 is 0 Å². The lowest BCUT2D eigenvalue weighted by Crippen LogP contribution is -2.28. The van der Waals surface area contributed by atoms with Crippen LogP contribution in [0.5, 0.6) is 0 Å². The van der Waals surface area contributed by atoms with Gasteiger partial charge in [0.05, 0.1) is 6.10 Å². The quantitative estimate of drug-likeness (QED) is 0.744. The van der Waals surface area contributed by atoms with Crippen LogP contribution in [-0.4, -0.2) is 17.0 Å². The zero-order valence-electron chi connectivity index (χ0n) is 9.60. The molecule has 16 heavy (non-hydrogen) atoms. The van der Waals surface area contributed by atoms with Gasteiger partial charge in [-0.3, -0.25) is 4.79 Å². The second kappa shape index (κ2) is 6.23. The minimum atomic E-state index is -0.629. The summed E-state index contributed by atoms with van der Waals surface area (Å²) in [5.41, 5.74) is 1.07. The summed E-state index contributed by atoms with van der Waals surface area (Å²) in [4.78, 5) is 11.5. The van der Waals surface area contributed by atoms with E-state index in [1.54, 1.807) is 6.08 Å². The second-order valence-corrected chi connectivity index (χ2v) is 4.00. The van der Waals surface area contributed by atoms with Gasteiger partial charge in [0.2, 0.25) is 0 Å². The van der Waals surface area contributed by atoms with E-state index in [-0.39, 0.29) is 11.7 Å². The predicted octanol–water partition coefficient (Wildman–Crippen LogP) is 2.37. The minimum Gasteiger partial charge on any atom is -0.392 e. The van der Waals surface area contributed by atoms with Crippen LogP contribution in [-0.2, 0) is 11.2 Å². The first-order chi connectivity index (χ1) is 7.65. The molecule has 0 heterocycles. The number of ketones is 1. The number of aliphatic hydroxyl groups excluding tert-OH is 1. The Balaban J connectivity index is 2.72. The molecule has 1 aromatic rings. The van der Waals surface area contributed by atoms with Crippen molar-refractivity contribution in [2.75, 3.05) is 0 Å². The van der Waals surface area contributed by atoms with Crippen molar-refractivity contribution in [2.24, 2.45) is 5.92 Å². The zero-order valence-corrected chi connectivity index (χ0v) is 9.60. The number of Topliss-reactive ketones (excluding diaryl/α,β-unsaturated/α-hetero) is 1. The molecular weight excluding hydrogens is 200 g/mol. The van der Waals surface area contributed by atoms with Crippen molar-refractivity contribution < 1.29 is 9.90 Å².